The van der Waals surface area contributed by atoms with Crippen LogP contribution in [0.15, 0.2) is 53.0 Å². The Bertz CT molecular complexity index is 829. The van der Waals surface area contributed by atoms with Gasteiger partial charge in [-0.3, -0.25) is 4.79 Å². The number of anilines is 1. The summed E-state index contributed by atoms with van der Waals surface area (Å²) < 4.78 is 44.3. The molecule has 0 aromatic heterocycles. The van der Waals surface area contributed by atoms with Crippen LogP contribution >= 0.6 is 15.9 Å². The zero-order valence-electron chi connectivity index (χ0n) is 15.0. The molecule has 1 heterocycles. The molecule has 1 aliphatic rings. The minimum Gasteiger partial charge on any atom is -0.484 e. The fourth-order valence-corrected chi connectivity index (χ4v) is 3.51. The standard InChI is InChI=1S/C20H20BrF3N2O2/c21-16-4-2-5-17(10-16)26-8-7-14(12-26)11-25-19(27)13-28-18-6-1-3-15(9-18)20(22,23)24/h1-6,9-10,14H,7-8,11-13H2,(H,25,27). The van der Waals surface area contributed by atoms with Gasteiger partial charge in [0.05, 0.1) is 5.56 Å². The lowest BCUT2D eigenvalue weighted by Crippen LogP contribution is -2.34. The summed E-state index contributed by atoms with van der Waals surface area (Å²) in [4.78, 5) is 14.2. The Morgan fingerprint density at radius 3 is 2.75 bits per heavy atom. The summed E-state index contributed by atoms with van der Waals surface area (Å²) in [7, 11) is 0. The van der Waals surface area contributed by atoms with Crippen LogP contribution in [0, 0.1) is 5.92 Å². The Hall–Kier alpha value is -2.22. The van der Waals surface area contributed by atoms with Gasteiger partial charge in [0.25, 0.3) is 5.91 Å². The van der Waals surface area contributed by atoms with Crippen molar-refractivity contribution in [3.63, 3.8) is 0 Å². The second kappa shape index (κ2) is 8.86. The van der Waals surface area contributed by atoms with Crippen LogP contribution in [0.3, 0.4) is 0 Å². The largest absolute Gasteiger partial charge is 0.484 e. The van der Waals surface area contributed by atoms with Crippen LogP contribution in [0.5, 0.6) is 5.75 Å². The van der Waals surface area contributed by atoms with E-state index < -0.39 is 11.7 Å². The number of hydrogen-bond acceptors (Lipinski definition) is 3. The van der Waals surface area contributed by atoms with E-state index in [2.05, 4.69) is 38.3 Å². The first-order valence-electron chi connectivity index (χ1n) is 8.88. The van der Waals surface area contributed by atoms with Gasteiger partial charge in [-0.25, -0.2) is 0 Å². The highest BCUT2D eigenvalue weighted by Gasteiger charge is 2.30. The number of nitrogens with zero attached hydrogens (tertiary/aromatic N) is 1. The van der Waals surface area contributed by atoms with Gasteiger partial charge in [0, 0.05) is 29.8 Å². The van der Waals surface area contributed by atoms with E-state index in [9.17, 15) is 18.0 Å². The van der Waals surface area contributed by atoms with Crippen molar-refractivity contribution in [2.75, 3.05) is 31.1 Å². The summed E-state index contributed by atoms with van der Waals surface area (Å²) >= 11 is 3.47. The Morgan fingerprint density at radius 1 is 1.21 bits per heavy atom. The van der Waals surface area contributed by atoms with Crippen LogP contribution in [-0.2, 0) is 11.0 Å². The molecule has 28 heavy (non-hydrogen) atoms. The molecular formula is C20H20BrF3N2O2. The normalized spacial score (nSPS) is 16.9. The van der Waals surface area contributed by atoms with E-state index in [1.807, 2.05) is 12.1 Å². The van der Waals surface area contributed by atoms with Gasteiger partial charge in [0.1, 0.15) is 5.75 Å². The Kier molecular flexibility index (Phi) is 6.49. The zero-order chi connectivity index (χ0) is 20.1. The third-order valence-electron chi connectivity index (χ3n) is 4.58. The average molecular weight is 457 g/mol. The van der Waals surface area contributed by atoms with E-state index in [0.29, 0.717) is 12.5 Å². The van der Waals surface area contributed by atoms with Crippen molar-refractivity contribution >= 4 is 27.5 Å². The number of carbonyl (C=O) groups is 1. The van der Waals surface area contributed by atoms with Crippen molar-refractivity contribution in [1.82, 2.24) is 5.32 Å². The second-order valence-corrected chi connectivity index (χ2v) is 7.61. The maximum Gasteiger partial charge on any atom is 0.416 e. The summed E-state index contributed by atoms with van der Waals surface area (Å²) in [5, 5.41) is 2.80. The number of hydrogen-bond donors (Lipinski definition) is 1. The molecule has 1 unspecified atom stereocenters. The number of ether oxygens (including phenoxy) is 1. The van der Waals surface area contributed by atoms with Gasteiger partial charge in [-0.2, -0.15) is 13.2 Å². The molecule has 2 aromatic rings. The van der Waals surface area contributed by atoms with Gasteiger partial charge in [-0.05, 0) is 48.7 Å². The van der Waals surface area contributed by atoms with Gasteiger partial charge in [0.2, 0.25) is 0 Å². The van der Waals surface area contributed by atoms with E-state index in [1.54, 1.807) is 0 Å². The molecule has 1 N–H and O–H groups in total. The van der Waals surface area contributed by atoms with Gasteiger partial charge in [-0.15, -0.1) is 0 Å². The highest BCUT2D eigenvalue weighted by atomic mass is 79.9. The molecule has 0 aliphatic carbocycles. The minimum absolute atomic E-state index is 0.0201. The first kappa shape index (κ1) is 20.5. The summed E-state index contributed by atoms with van der Waals surface area (Å²) in [5.41, 5.74) is 0.333. The number of rotatable bonds is 6. The number of halogens is 4. The van der Waals surface area contributed by atoms with Crippen molar-refractivity contribution in [3.8, 4) is 5.75 Å². The number of nitrogens with one attached hydrogen (secondary N) is 1. The van der Waals surface area contributed by atoms with Gasteiger partial charge in [-0.1, -0.05) is 28.1 Å². The monoisotopic (exact) mass is 456 g/mol. The van der Waals surface area contributed by atoms with E-state index in [-0.39, 0.29) is 18.3 Å². The van der Waals surface area contributed by atoms with Gasteiger partial charge in [0.15, 0.2) is 6.61 Å². The SMILES string of the molecule is O=C(COc1cccc(C(F)(F)F)c1)NCC1CCN(c2cccc(Br)c2)C1. The predicted octanol–water partition coefficient (Wildman–Crippen LogP) is 4.49. The molecule has 3 rings (SSSR count). The predicted molar refractivity (Wildman–Crippen MR) is 104 cm³/mol. The van der Waals surface area contributed by atoms with E-state index >= 15 is 0 Å². The molecule has 0 saturated carbocycles. The number of carbonyl (C=O) groups excluding carboxylic acids is 1. The summed E-state index contributed by atoms with van der Waals surface area (Å²) in [5.74, 6) is -0.0125. The Balaban J connectivity index is 1.43. The van der Waals surface area contributed by atoms with Crippen LogP contribution < -0.4 is 15.0 Å². The highest BCUT2D eigenvalue weighted by Crippen LogP contribution is 2.31. The molecule has 0 bridgehead atoms. The molecule has 1 saturated heterocycles. The van der Waals surface area contributed by atoms with Crippen LogP contribution in [0.25, 0.3) is 0 Å². The van der Waals surface area contributed by atoms with Gasteiger partial charge >= 0.3 is 6.18 Å². The third kappa shape index (κ3) is 5.64. The lowest BCUT2D eigenvalue weighted by atomic mass is 10.1. The molecule has 1 amide bonds. The first-order valence-corrected chi connectivity index (χ1v) is 9.68. The number of benzene rings is 2. The lowest BCUT2D eigenvalue weighted by Gasteiger charge is -2.19. The maximum atomic E-state index is 12.7. The summed E-state index contributed by atoms with van der Waals surface area (Å²) in [6.45, 7) is 1.95. The van der Waals surface area contributed by atoms with Crippen molar-refractivity contribution in [1.29, 1.82) is 0 Å². The number of amides is 1. The van der Waals surface area contributed by atoms with Crippen molar-refractivity contribution in [3.05, 3.63) is 58.6 Å². The van der Waals surface area contributed by atoms with Crippen LogP contribution in [0.4, 0.5) is 18.9 Å². The molecule has 1 fully saturated rings. The van der Waals surface area contributed by atoms with Crippen LogP contribution in [-0.4, -0.2) is 32.1 Å². The fourth-order valence-electron chi connectivity index (χ4n) is 3.13. The molecule has 8 heteroatoms. The molecule has 150 valence electrons. The third-order valence-corrected chi connectivity index (χ3v) is 5.07. The molecule has 1 aliphatic heterocycles. The second-order valence-electron chi connectivity index (χ2n) is 6.70. The molecule has 1 atom stereocenters. The number of alkyl halides is 3. The minimum atomic E-state index is -4.44. The molecule has 0 spiro atoms. The lowest BCUT2D eigenvalue weighted by molar-refractivity contribution is -0.137. The molecular weight excluding hydrogens is 437 g/mol. The zero-order valence-corrected chi connectivity index (χ0v) is 16.6. The van der Waals surface area contributed by atoms with Crippen LogP contribution in [0.2, 0.25) is 0 Å². The summed E-state index contributed by atoms with van der Waals surface area (Å²) in [6, 6.07) is 12.6. The molecule has 0 radical (unpaired) electrons. The van der Waals surface area contributed by atoms with Crippen molar-refractivity contribution in [2.24, 2.45) is 5.92 Å². The van der Waals surface area contributed by atoms with Gasteiger partial charge < -0.3 is 15.0 Å². The fraction of sp³-hybridized carbons (Fsp3) is 0.350. The summed E-state index contributed by atoms with van der Waals surface area (Å²) in [6.07, 6.45) is -3.48. The first-order chi connectivity index (χ1) is 13.3. The Labute approximate surface area is 169 Å². The van der Waals surface area contributed by atoms with E-state index in [1.165, 1.54) is 12.1 Å². The molecule has 2 aromatic carbocycles. The van der Waals surface area contributed by atoms with E-state index in [4.69, 9.17) is 4.74 Å². The van der Waals surface area contributed by atoms with Crippen molar-refractivity contribution in [2.45, 2.75) is 12.6 Å². The van der Waals surface area contributed by atoms with Crippen LogP contribution in [0.1, 0.15) is 12.0 Å². The Morgan fingerprint density at radius 2 is 2.00 bits per heavy atom. The van der Waals surface area contributed by atoms with Crippen molar-refractivity contribution < 1.29 is 22.7 Å². The smallest absolute Gasteiger partial charge is 0.416 e. The average Bonchev–Trinajstić information content (AvgIpc) is 3.13. The topological polar surface area (TPSA) is 41.6 Å². The maximum absolute atomic E-state index is 12.7. The quantitative estimate of drug-likeness (QED) is 0.696. The highest BCUT2D eigenvalue weighted by molar-refractivity contribution is 9.10. The molecule has 4 nitrogen and oxygen atoms in total. The van der Waals surface area contributed by atoms with E-state index in [0.717, 1.165) is 41.8 Å².